The number of benzene rings is 2. The van der Waals surface area contributed by atoms with Crippen molar-refractivity contribution >= 4 is 39.9 Å². The van der Waals surface area contributed by atoms with E-state index in [1.165, 1.54) is 13.3 Å². The molecule has 2 aromatic heterocycles. The van der Waals surface area contributed by atoms with Gasteiger partial charge in [-0.05, 0) is 54.8 Å². The third kappa shape index (κ3) is 5.37. The minimum absolute atomic E-state index is 0.342. The Hall–Kier alpha value is -3.68. The number of halogens is 1. The van der Waals surface area contributed by atoms with Crippen LogP contribution in [-0.4, -0.2) is 35.5 Å². The van der Waals surface area contributed by atoms with Crippen LogP contribution < -0.4 is 10.1 Å². The molecular weight excluding hydrogens is 466 g/mol. The molecule has 2 aromatic carbocycles. The SMILES string of the molecule is COCc1ccc2c(c1)c(C(=O)C(=O)Nc1ccnc(OC)c1)c(C)n2CCc1ccc(Cl)cc1. The number of ether oxygens (including phenoxy) is 2. The molecular formula is C27H26ClN3O4. The van der Waals surface area contributed by atoms with Crippen LogP contribution in [0, 0.1) is 6.92 Å². The fourth-order valence-corrected chi connectivity index (χ4v) is 4.28. The Bertz CT molecular complexity index is 1380. The molecule has 0 saturated heterocycles. The summed E-state index contributed by atoms with van der Waals surface area (Å²) < 4.78 is 12.5. The van der Waals surface area contributed by atoms with Gasteiger partial charge >= 0.3 is 0 Å². The number of nitrogens with one attached hydrogen (secondary N) is 1. The quantitative estimate of drug-likeness (QED) is 0.256. The first-order valence-electron chi connectivity index (χ1n) is 11.1. The van der Waals surface area contributed by atoms with Crippen molar-refractivity contribution in [1.82, 2.24) is 9.55 Å². The van der Waals surface area contributed by atoms with Crippen LogP contribution in [0.1, 0.15) is 27.2 Å². The lowest BCUT2D eigenvalue weighted by atomic mass is 10.0. The molecule has 0 fully saturated rings. The molecule has 4 rings (SSSR count). The van der Waals surface area contributed by atoms with E-state index in [4.69, 9.17) is 21.1 Å². The van der Waals surface area contributed by atoms with Crippen molar-refractivity contribution in [2.24, 2.45) is 0 Å². The number of methoxy groups -OCH3 is 2. The molecule has 0 saturated carbocycles. The first-order chi connectivity index (χ1) is 16.9. The third-order valence-corrected chi connectivity index (χ3v) is 6.12. The summed E-state index contributed by atoms with van der Waals surface area (Å²) in [6.07, 6.45) is 2.25. The predicted octanol–water partition coefficient (Wildman–Crippen LogP) is 5.22. The highest BCUT2D eigenvalue weighted by atomic mass is 35.5. The van der Waals surface area contributed by atoms with E-state index in [1.807, 2.05) is 49.4 Å². The Morgan fingerprint density at radius 2 is 1.77 bits per heavy atom. The lowest BCUT2D eigenvalue weighted by Crippen LogP contribution is -2.23. The van der Waals surface area contributed by atoms with E-state index < -0.39 is 11.7 Å². The number of anilines is 1. The van der Waals surface area contributed by atoms with Gasteiger partial charge in [0.15, 0.2) is 0 Å². The molecule has 1 N–H and O–H groups in total. The van der Waals surface area contributed by atoms with E-state index in [2.05, 4.69) is 14.9 Å². The molecule has 4 aromatic rings. The van der Waals surface area contributed by atoms with Gasteiger partial charge in [-0.2, -0.15) is 0 Å². The Labute approximate surface area is 208 Å². The van der Waals surface area contributed by atoms with Crippen LogP contribution in [0.5, 0.6) is 5.88 Å². The summed E-state index contributed by atoms with van der Waals surface area (Å²) in [5.41, 5.74) is 4.48. The van der Waals surface area contributed by atoms with Crippen LogP contribution in [0.25, 0.3) is 10.9 Å². The molecule has 0 bridgehead atoms. The number of carbonyl (C=O) groups is 2. The van der Waals surface area contributed by atoms with Gasteiger partial charge in [-0.3, -0.25) is 9.59 Å². The number of rotatable bonds is 9. The molecule has 8 heteroatoms. The molecule has 2 heterocycles. The molecule has 180 valence electrons. The highest BCUT2D eigenvalue weighted by Gasteiger charge is 2.25. The number of aryl methyl sites for hydroxylation is 2. The summed E-state index contributed by atoms with van der Waals surface area (Å²) in [6.45, 7) is 2.92. The number of fused-ring (bicyclic) bond motifs is 1. The molecule has 1 amide bonds. The van der Waals surface area contributed by atoms with Crippen molar-refractivity contribution in [3.8, 4) is 5.88 Å². The fourth-order valence-electron chi connectivity index (χ4n) is 4.15. The summed E-state index contributed by atoms with van der Waals surface area (Å²) in [5.74, 6) is -0.993. The van der Waals surface area contributed by atoms with Gasteiger partial charge in [0.2, 0.25) is 5.88 Å². The van der Waals surface area contributed by atoms with E-state index in [-0.39, 0.29) is 0 Å². The van der Waals surface area contributed by atoms with Crippen LogP contribution in [0.3, 0.4) is 0 Å². The summed E-state index contributed by atoms with van der Waals surface area (Å²) >= 11 is 6.01. The van der Waals surface area contributed by atoms with Crippen LogP contribution >= 0.6 is 11.6 Å². The number of amides is 1. The zero-order chi connectivity index (χ0) is 24.9. The van der Waals surface area contributed by atoms with Crippen molar-refractivity contribution in [1.29, 1.82) is 0 Å². The highest BCUT2D eigenvalue weighted by Crippen LogP contribution is 2.29. The zero-order valence-corrected chi connectivity index (χ0v) is 20.6. The minimum Gasteiger partial charge on any atom is -0.481 e. The van der Waals surface area contributed by atoms with E-state index in [0.717, 1.165) is 34.1 Å². The van der Waals surface area contributed by atoms with Crippen molar-refractivity contribution in [2.45, 2.75) is 26.5 Å². The van der Waals surface area contributed by atoms with Crippen molar-refractivity contribution in [2.75, 3.05) is 19.5 Å². The van der Waals surface area contributed by atoms with E-state index in [1.54, 1.807) is 19.2 Å². The number of pyridine rings is 1. The lowest BCUT2D eigenvalue weighted by Gasteiger charge is -2.10. The molecule has 7 nitrogen and oxygen atoms in total. The monoisotopic (exact) mass is 491 g/mol. The molecule has 0 aliphatic carbocycles. The first-order valence-corrected chi connectivity index (χ1v) is 11.5. The summed E-state index contributed by atoms with van der Waals surface area (Å²) in [5, 5.41) is 4.07. The van der Waals surface area contributed by atoms with E-state index in [0.29, 0.717) is 35.3 Å². The van der Waals surface area contributed by atoms with Gasteiger partial charge in [0, 0.05) is 53.2 Å². The number of carbonyl (C=O) groups excluding carboxylic acids is 2. The van der Waals surface area contributed by atoms with Gasteiger partial charge in [0.1, 0.15) is 0 Å². The summed E-state index contributed by atoms with van der Waals surface area (Å²) in [7, 11) is 3.11. The van der Waals surface area contributed by atoms with Crippen LogP contribution in [-0.2, 0) is 29.1 Å². The number of Topliss-reactive ketones (excluding diaryl/α,β-unsaturated/α-hetero) is 1. The van der Waals surface area contributed by atoms with Gasteiger partial charge in [0.25, 0.3) is 11.7 Å². The van der Waals surface area contributed by atoms with Gasteiger partial charge in [-0.25, -0.2) is 4.98 Å². The van der Waals surface area contributed by atoms with Crippen molar-refractivity contribution < 1.29 is 19.1 Å². The highest BCUT2D eigenvalue weighted by molar-refractivity contribution is 6.48. The summed E-state index contributed by atoms with van der Waals surface area (Å²) in [4.78, 5) is 30.4. The van der Waals surface area contributed by atoms with Crippen molar-refractivity contribution in [3.05, 3.63) is 88.2 Å². The Balaban J connectivity index is 1.69. The first kappa shape index (κ1) is 24.4. The van der Waals surface area contributed by atoms with Gasteiger partial charge in [0.05, 0.1) is 19.3 Å². The number of aromatic nitrogens is 2. The fraction of sp³-hybridized carbons (Fsp3) is 0.222. The smallest absolute Gasteiger partial charge is 0.296 e. The van der Waals surface area contributed by atoms with E-state index in [9.17, 15) is 9.59 Å². The Morgan fingerprint density at radius 1 is 1.03 bits per heavy atom. The number of hydrogen-bond donors (Lipinski definition) is 1. The lowest BCUT2D eigenvalue weighted by molar-refractivity contribution is -0.112. The normalized spacial score (nSPS) is 11.0. The topological polar surface area (TPSA) is 82.5 Å². The van der Waals surface area contributed by atoms with Crippen LogP contribution in [0.2, 0.25) is 5.02 Å². The largest absolute Gasteiger partial charge is 0.481 e. The second kappa shape index (κ2) is 10.7. The molecule has 0 unspecified atom stereocenters. The maximum Gasteiger partial charge on any atom is 0.296 e. The number of ketones is 1. The second-order valence-electron chi connectivity index (χ2n) is 8.14. The van der Waals surface area contributed by atoms with Crippen molar-refractivity contribution in [3.63, 3.8) is 0 Å². The average molecular weight is 492 g/mol. The molecule has 35 heavy (non-hydrogen) atoms. The number of hydrogen-bond acceptors (Lipinski definition) is 5. The Kier molecular flexibility index (Phi) is 7.48. The standard InChI is InChI=1S/C27H26ClN3O4/c1-17-25(26(32)27(33)30-21-10-12-29-24(15-21)35-3)22-14-19(16-34-2)6-9-23(22)31(17)13-11-18-4-7-20(28)8-5-18/h4-10,12,14-15H,11,13,16H2,1-3H3,(H,29,30,33). The minimum atomic E-state index is -0.727. The Morgan fingerprint density at radius 3 is 2.49 bits per heavy atom. The zero-order valence-electron chi connectivity index (χ0n) is 19.8. The molecule has 0 atom stereocenters. The molecule has 0 aliphatic rings. The van der Waals surface area contributed by atoms with E-state index >= 15 is 0 Å². The maximum absolute atomic E-state index is 13.4. The van der Waals surface area contributed by atoms with Crippen LogP contribution in [0.4, 0.5) is 5.69 Å². The number of nitrogens with zero attached hydrogens (tertiary/aromatic N) is 2. The molecule has 0 aliphatic heterocycles. The average Bonchev–Trinajstić information content (AvgIpc) is 3.13. The second-order valence-corrected chi connectivity index (χ2v) is 8.58. The molecule has 0 radical (unpaired) electrons. The van der Waals surface area contributed by atoms with Gasteiger partial charge in [-0.15, -0.1) is 0 Å². The predicted molar refractivity (Wildman–Crippen MR) is 136 cm³/mol. The van der Waals surface area contributed by atoms with Crippen LogP contribution in [0.15, 0.2) is 60.8 Å². The van der Waals surface area contributed by atoms with Gasteiger partial charge < -0.3 is 19.4 Å². The van der Waals surface area contributed by atoms with Gasteiger partial charge in [-0.1, -0.05) is 29.8 Å². The molecule has 0 spiro atoms. The summed E-state index contributed by atoms with van der Waals surface area (Å²) in [6, 6.07) is 16.7. The third-order valence-electron chi connectivity index (χ3n) is 5.87. The maximum atomic E-state index is 13.4.